The number of nitrogens with zero attached hydrogens (tertiary/aromatic N) is 1. The molecule has 1 N–H and O–H groups in total. The molecule has 134 valence electrons. The van der Waals surface area contributed by atoms with Crippen molar-refractivity contribution in [3.05, 3.63) is 35.1 Å². The zero-order valence-corrected chi connectivity index (χ0v) is 14.0. The number of amides is 1. The van der Waals surface area contributed by atoms with Crippen molar-refractivity contribution in [2.45, 2.75) is 38.7 Å². The van der Waals surface area contributed by atoms with Crippen molar-refractivity contribution in [1.29, 1.82) is 0 Å². The van der Waals surface area contributed by atoms with Crippen molar-refractivity contribution in [3.8, 4) is 0 Å². The van der Waals surface area contributed by atoms with E-state index in [4.69, 9.17) is 4.74 Å². The molecule has 1 aromatic rings. The number of ether oxygens (including phenoxy) is 1. The van der Waals surface area contributed by atoms with Crippen molar-refractivity contribution >= 4 is 6.09 Å². The van der Waals surface area contributed by atoms with Gasteiger partial charge in [0.2, 0.25) is 0 Å². The summed E-state index contributed by atoms with van der Waals surface area (Å²) < 4.78 is 45.8. The average Bonchev–Trinajstić information content (AvgIpc) is 2.48. The number of halogens is 3. The van der Waals surface area contributed by atoms with Gasteiger partial charge in [0.1, 0.15) is 11.4 Å². The molecule has 0 aliphatic carbocycles. The maximum Gasteiger partial charge on any atom is 0.410 e. The highest BCUT2D eigenvalue weighted by molar-refractivity contribution is 5.68. The van der Waals surface area contributed by atoms with Crippen molar-refractivity contribution in [2.24, 2.45) is 5.92 Å². The van der Waals surface area contributed by atoms with Crippen LogP contribution in [0.2, 0.25) is 0 Å². The summed E-state index contributed by atoms with van der Waals surface area (Å²) in [6.45, 7) is 5.39. The van der Waals surface area contributed by atoms with Gasteiger partial charge < -0.3 is 14.7 Å². The fourth-order valence-corrected chi connectivity index (χ4v) is 2.94. The molecular formula is C17H22F3NO3. The number of carbonyl (C=O) groups is 1. The van der Waals surface area contributed by atoms with Crippen LogP contribution in [0.5, 0.6) is 0 Å². The Balaban J connectivity index is 2.16. The predicted molar refractivity (Wildman–Crippen MR) is 82.1 cm³/mol. The van der Waals surface area contributed by atoms with E-state index in [0.29, 0.717) is 12.5 Å². The Morgan fingerprint density at radius 2 is 1.88 bits per heavy atom. The molecular weight excluding hydrogens is 323 g/mol. The first kappa shape index (κ1) is 18.6. The SMILES string of the molecule is CC(C)(C)OC(=O)N1CCC(c2cc(F)c(F)cc2F)C(CO)C1. The van der Waals surface area contributed by atoms with Gasteiger partial charge in [-0.2, -0.15) is 0 Å². The maximum atomic E-state index is 14.0. The second kappa shape index (κ2) is 7.01. The van der Waals surface area contributed by atoms with E-state index >= 15 is 0 Å². The largest absolute Gasteiger partial charge is 0.444 e. The third-order valence-corrected chi connectivity index (χ3v) is 4.06. The molecule has 1 amide bonds. The van der Waals surface area contributed by atoms with Crippen LogP contribution in [0.4, 0.5) is 18.0 Å². The number of likely N-dealkylation sites (tertiary alicyclic amines) is 1. The fraction of sp³-hybridized carbons (Fsp3) is 0.588. The lowest BCUT2D eigenvalue weighted by atomic mass is 9.80. The molecule has 1 aromatic carbocycles. The van der Waals surface area contributed by atoms with E-state index in [2.05, 4.69) is 0 Å². The number of carbonyl (C=O) groups excluding carboxylic acids is 1. The first-order valence-electron chi connectivity index (χ1n) is 7.85. The highest BCUT2D eigenvalue weighted by Gasteiger charge is 2.35. The predicted octanol–water partition coefficient (Wildman–Crippen LogP) is 3.44. The molecule has 1 aliphatic heterocycles. The van der Waals surface area contributed by atoms with Crippen LogP contribution in [0.25, 0.3) is 0 Å². The molecule has 0 saturated carbocycles. The van der Waals surface area contributed by atoms with E-state index < -0.39 is 41.0 Å². The highest BCUT2D eigenvalue weighted by atomic mass is 19.2. The second-order valence-corrected chi connectivity index (χ2v) is 7.05. The fourth-order valence-electron chi connectivity index (χ4n) is 2.94. The molecule has 2 unspecified atom stereocenters. The van der Waals surface area contributed by atoms with E-state index in [1.54, 1.807) is 20.8 Å². The summed E-state index contributed by atoms with van der Waals surface area (Å²) in [4.78, 5) is 13.6. The van der Waals surface area contributed by atoms with E-state index in [9.17, 15) is 23.1 Å². The average molecular weight is 345 g/mol. The number of rotatable bonds is 2. The molecule has 24 heavy (non-hydrogen) atoms. The first-order chi connectivity index (χ1) is 11.1. The minimum Gasteiger partial charge on any atom is -0.444 e. The van der Waals surface area contributed by atoms with Crippen LogP contribution >= 0.6 is 0 Å². The molecule has 1 saturated heterocycles. The van der Waals surface area contributed by atoms with Crippen molar-refractivity contribution in [3.63, 3.8) is 0 Å². The smallest absolute Gasteiger partial charge is 0.410 e. The lowest BCUT2D eigenvalue weighted by Crippen LogP contribution is -2.46. The quantitative estimate of drug-likeness (QED) is 0.836. The third-order valence-electron chi connectivity index (χ3n) is 4.06. The van der Waals surface area contributed by atoms with Crippen molar-refractivity contribution in [1.82, 2.24) is 4.90 Å². The van der Waals surface area contributed by atoms with Gasteiger partial charge in [0.05, 0.1) is 0 Å². The monoisotopic (exact) mass is 345 g/mol. The molecule has 2 rings (SSSR count). The van der Waals surface area contributed by atoms with Gasteiger partial charge in [-0.25, -0.2) is 18.0 Å². The van der Waals surface area contributed by atoms with Crippen molar-refractivity contribution < 1.29 is 27.8 Å². The summed E-state index contributed by atoms with van der Waals surface area (Å²) in [6.07, 6.45) is -0.183. The number of aliphatic hydroxyl groups excluding tert-OH is 1. The summed E-state index contributed by atoms with van der Waals surface area (Å²) in [7, 11) is 0. The van der Waals surface area contributed by atoms with Gasteiger partial charge >= 0.3 is 6.09 Å². The van der Waals surface area contributed by atoms with Gasteiger partial charge in [0.15, 0.2) is 11.6 Å². The number of piperidine rings is 1. The standard InChI is InChI=1S/C17H22F3NO3/c1-17(2,3)24-16(23)21-5-4-11(10(8-21)9-22)12-6-14(19)15(20)7-13(12)18/h6-7,10-11,22H,4-5,8-9H2,1-3H3. The normalized spacial score (nSPS) is 21.7. The topological polar surface area (TPSA) is 49.8 Å². The number of hydrogen-bond donors (Lipinski definition) is 1. The van der Waals surface area contributed by atoms with Gasteiger partial charge in [0, 0.05) is 31.7 Å². The van der Waals surface area contributed by atoms with Crippen LogP contribution in [0, 0.1) is 23.4 Å². The van der Waals surface area contributed by atoms with E-state index in [1.807, 2.05) is 0 Å². The van der Waals surface area contributed by atoms with Crippen LogP contribution in [0.15, 0.2) is 12.1 Å². The van der Waals surface area contributed by atoms with Gasteiger partial charge in [-0.3, -0.25) is 0 Å². The minimum atomic E-state index is -1.25. The highest BCUT2D eigenvalue weighted by Crippen LogP contribution is 2.35. The van der Waals surface area contributed by atoms with Gasteiger partial charge in [-0.1, -0.05) is 0 Å². The van der Waals surface area contributed by atoms with Gasteiger partial charge in [0.25, 0.3) is 0 Å². The minimum absolute atomic E-state index is 0.0248. The van der Waals surface area contributed by atoms with Gasteiger partial charge in [-0.05, 0) is 44.7 Å². The first-order valence-corrected chi connectivity index (χ1v) is 7.85. The summed E-state index contributed by atoms with van der Waals surface area (Å²) in [5.41, 5.74) is -0.619. The molecule has 1 heterocycles. The summed E-state index contributed by atoms with van der Waals surface area (Å²) in [5.74, 6) is -4.20. The molecule has 2 atom stereocenters. The molecule has 0 radical (unpaired) electrons. The zero-order valence-electron chi connectivity index (χ0n) is 14.0. The number of hydrogen-bond acceptors (Lipinski definition) is 3. The molecule has 1 aliphatic rings. The summed E-state index contributed by atoms with van der Waals surface area (Å²) >= 11 is 0. The molecule has 0 spiro atoms. The van der Waals surface area contributed by atoms with E-state index in [1.165, 1.54) is 4.90 Å². The zero-order chi connectivity index (χ0) is 18.1. The Morgan fingerprint density at radius 3 is 2.46 bits per heavy atom. The molecule has 1 fully saturated rings. The Kier molecular flexibility index (Phi) is 5.42. The van der Waals surface area contributed by atoms with Crippen LogP contribution in [-0.2, 0) is 4.74 Å². The molecule has 7 heteroatoms. The summed E-state index contributed by atoms with van der Waals surface area (Å²) in [6, 6.07) is 1.35. The molecule has 4 nitrogen and oxygen atoms in total. The van der Waals surface area contributed by atoms with Crippen LogP contribution in [0.1, 0.15) is 38.7 Å². The summed E-state index contributed by atoms with van der Waals surface area (Å²) in [5, 5.41) is 9.60. The Morgan fingerprint density at radius 1 is 1.25 bits per heavy atom. The maximum absolute atomic E-state index is 14.0. The Hall–Kier alpha value is -1.76. The van der Waals surface area contributed by atoms with Crippen molar-refractivity contribution in [2.75, 3.05) is 19.7 Å². The lowest BCUT2D eigenvalue weighted by molar-refractivity contribution is 0.00999. The third kappa shape index (κ3) is 4.20. The lowest BCUT2D eigenvalue weighted by Gasteiger charge is -2.38. The van der Waals surface area contributed by atoms with E-state index in [0.717, 1.165) is 6.07 Å². The molecule has 0 aromatic heterocycles. The van der Waals surface area contributed by atoms with Crippen LogP contribution in [-0.4, -0.2) is 41.4 Å². The second-order valence-electron chi connectivity index (χ2n) is 7.05. The number of benzene rings is 1. The van der Waals surface area contributed by atoms with Crippen LogP contribution in [0.3, 0.4) is 0 Å². The number of aliphatic hydroxyl groups is 1. The van der Waals surface area contributed by atoms with Gasteiger partial charge in [-0.15, -0.1) is 0 Å². The molecule has 0 bridgehead atoms. The van der Waals surface area contributed by atoms with E-state index in [-0.39, 0.29) is 25.3 Å². The Labute approximate surface area is 139 Å². The Bertz CT molecular complexity index is 616. The van der Waals surface area contributed by atoms with Crippen LogP contribution < -0.4 is 0 Å².